The Morgan fingerprint density at radius 2 is 1.85 bits per heavy atom. The lowest BCUT2D eigenvalue weighted by molar-refractivity contribution is 0.0492. The Bertz CT molecular complexity index is 827. The summed E-state index contributed by atoms with van der Waals surface area (Å²) in [6.45, 7) is 7.67. The monoisotopic (exact) mass is 434 g/mol. The van der Waals surface area contributed by atoms with Crippen molar-refractivity contribution >= 4 is 38.9 Å². The van der Waals surface area contributed by atoms with Gasteiger partial charge in [-0.15, -0.1) is 0 Å². The fourth-order valence-corrected chi connectivity index (χ4v) is 3.98. The van der Waals surface area contributed by atoms with E-state index in [9.17, 15) is 4.79 Å². The molecule has 3 rings (SSSR count). The number of halogens is 1. The number of benzene rings is 1. The highest BCUT2D eigenvalue weighted by Crippen LogP contribution is 2.25. The van der Waals surface area contributed by atoms with E-state index in [-0.39, 0.29) is 12.1 Å². The lowest BCUT2D eigenvalue weighted by Crippen LogP contribution is -2.42. The summed E-state index contributed by atoms with van der Waals surface area (Å²) in [6.07, 6.45) is 5.27. The van der Waals surface area contributed by atoms with E-state index in [0.717, 1.165) is 46.6 Å². The van der Waals surface area contributed by atoms with Crippen LogP contribution < -0.4 is 10.6 Å². The molecule has 2 N–H and O–H groups in total. The largest absolute Gasteiger partial charge is 0.444 e. The van der Waals surface area contributed by atoms with Crippen LogP contribution in [0.15, 0.2) is 22.8 Å². The topological polar surface area (TPSA) is 76.1 Å². The second-order valence-corrected chi connectivity index (χ2v) is 9.11. The van der Waals surface area contributed by atoms with Crippen LogP contribution in [0.2, 0.25) is 0 Å². The highest BCUT2D eigenvalue weighted by atomic mass is 79.9. The SMILES string of the molecule is Cc1cc(Br)cc2cnc(NC3CCC(NC(=O)OC(C)(C)C)CC3)nc12. The number of nitrogens with one attached hydrogen (secondary N) is 2. The first-order valence-corrected chi connectivity index (χ1v) is 10.2. The quantitative estimate of drug-likeness (QED) is 0.714. The van der Waals surface area contributed by atoms with E-state index >= 15 is 0 Å². The summed E-state index contributed by atoms with van der Waals surface area (Å²) in [5, 5.41) is 7.45. The number of hydrogen-bond acceptors (Lipinski definition) is 5. The minimum atomic E-state index is -0.468. The number of alkyl carbamates (subject to hydrolysis) is 1. The van der Waals surface area contributed by atoms with Crippen LogP contribution in [0.3, 0.4) is 0 Å². The van der Waals surface area contributed by atoms with Gasteiger partial charge in [0.15, 0.2) is 0 Å². The maximum atomic E-state index is 11.9. The molecule has 0 aliphatic heterocycles. The number of carbonyl (C=O) groups excluding carboxylic acids is 1. The van der Waals surface area contributed by atoms with Crippen molar-refractivity contribution in [2.45, 2.75) is 71.1 Å². The molecule has 0 saturated heterocycles. The van der Waals surface area contributed by atoms with Gasteiger partial charge in [0.1, 0.15) is 5.60 Å². The van der Waals surface area contributed by atoms with Crippen molar-refractivity contribution in [2.75, 3.05) is 5.32 Å². The lowest BCUT2D eigenvalue weighted by Gasteiger charge is -2.30. The fraction of sp³-hybridized carbons (Fsp3) is 0.550. The number of aromatic nitrogens is 2. The molecule has 1 aromatic heterocycles. The van der Waals surface area contributed by atoms with E-state index in [0.29, 0.717) is 12.0 Å². The van der Waals surface area contributed by atoms with Crippen LogP contribution in [-0.4, -0.2) is 33.7 Å². The third kappa shape index (κ3) is 5.54. The molecule has 1 heterocycles. The Balaban J connectivity index is 1.55. The number of rotatable bonds is 3. The Hall–Kier alpha value is -1.89. The summed E-state index contributed by atoms with van der Waals surface area (Å²) in [5.41, 5.74) is 1.62. The van der Waals surface area contributed by atoms with Crippen molar-refractivity contribution in [3.8, 4) is 0 Å². The summed E-state index contributed by atoms with van der Waals surface area (Å²) in [4.78, 5) is 21.1. The average molecular weight is 435 g/mol. The van der Waals surface area contributed by atoms with Gasteiger partial charge in [-0.2, -0.15) is 0 Å². The third-order valence-corrected chi connectivity index (χ3v) is 5.08. The summed E-state index contributed by atoms with van der Waals surface area (Å²) < 4.78 is 6.37. The second-order valence-electron chi connectivity index (χ2n) is 8.19. The highest BCUT2D eigenvalue weighted by Gasteiger charge is 2.25. The molecule has 0 bridgehead atoms. The first-order chi connectivity index (χ1) is 12.7. The number of anilines is 1. The molecule has 1 saturated carbocycles. The molecule has 2 aromatic rings. The lowest BCUT2D eigenvalue weighted by atomic mass is 9.91. The van der Waals surface area contributed by atoms with E-state index in [1.54, 1.807) is 0 Å². The molecule has 27 heavy (non-hydrogen) atoms. The Morgan fingerprint density at radius 1 is 1.19 bits per heavy atom. The first kappa shape index (κ1) is 19.9. The summed E-state index contributed by atoms with van der Waals surface area (Å²) >= 11 is 3.51. The van der Waals surface area contributed by atoms with Crippen molar-refractivity contribution < 1.29 is 9.53 Å². The molecule has 0 atom stereocenters. The average Bonchev–Trinajstić information content (AvgIpc) is 2.55. The number of nitrogens with zero attached hydrogens (tertiary/aromatic N) is 2. The van der Waals surface area contributed by atoms with Crippen molar-refractivity contribution in [2.24, 2.45) is 0 Å². The number of aryl methyl sites for hydroxylation is 1. The van der Waals surface area contributed by atoms with Gasteiger partial charge in [0.2, 0.25) is 5.95 Å². The van der Waals surface area contributed by atoms with Crippen LogP contribution in [0, 0.1) is 6.92 Å². The number of ether oxygens (including phenoxy) is 1. The zero-order valence-electron chi connectivity index (χ0n) is 16.3. The summed E-state index contributed by atoms with van der Waals surface area (Å²) in [5.74, 6) is 0.663. The van der Waals surface area contributed by atoms with Gasteiger partial charge in [0.05, 0.1) is 5.52 Å². The highest BCUT2D eigenvalue weighted by molar-refractivity contribution is 9.10. The smallest absolute Gasteiger partial charge is 0.407 e. The van der Waals surface area contributed by atoms with Gasteiger partial charge in [-0.25, -0.2) is 14.8 Å². The predicted octanol–water partition coefficient (Wildman–Crippen LogP) is 4.95. The predicted molar refractivity (Wildman–Crippen MR) is 111 cm³/mol. The van der Waals surface area contributed by atoms with Gasteiger partial charge in [-0.1, -0.05) is 15.9 Å². The van der Waals surface area contributed by atoms with Gasteiger partial charge in [0, 0.05) is 28.1 Å². The number of amides is 1. The zero-order valence-corrected chi connectivity index (χ0v) is 17.9. The van der Waals surface area contributed by atoms with Gasteiger partial charge < -0.3 is 15.4 Å². The molecule has 1 fully saturated rings. The number of hydrogen-bond donors (Lipinski definition) is 2. The molecular weight excluding hydrogens is 408 g/mol. The standard InChI is InChI=1S/C20H27BrN4O2/c1-12-9-14(21)10-13-11-22-18(25-17(12)13)23-15-5-7-16(8-6-15)24-19(26)27-20(2,3)4/h9-11,15-16H,5-8H2,1-4H3,(H,24,26)(H,22,23,25). The minimum absolute atomic E-state index is 0.162. The third-order valence-electron chi connectivity index (χ3n) is 4.62. The molecule has 146 valence electrons. The molecular formula is C20H27BrN4O2. The summed E-state index contributed by atoms with van der Waals surface area (Å²) in [7, 11) is 0. The van der Waals surface area contributed by atoms with Crippen molar-refractivity contribution in [1.82, 2.24) is 15.3 Å². The van der Waals surface area contributed by atoms with Gasteiger partial charge in [-0.3, -0.25) is 0 Å². The molecule has 1 aromatic carbocycles. The molecule has 7 heteroatoms. The van der Waals surface area contributed by atoms with Crippen molar-refractivity contribution in [3.63, 3.8) is 0 Å². The van der Waals surface area contributed by atoms with E-state index in [1.807, 2.05) is 33.0 Å². The number of carbonyl (C=O) groups is 1. The van der Waals surface area contributed by atoms with E-state index in [4.69, 9.17) is 4.74 Å². The molecule has 6 nitrogen and oxygen atoms in total. The van der Waals surface area contributed by atoms with E-state index in [2.05, 4.69) is 49.5 Å². The maximum absolute atomic E-state index is 11.9. The Kier molecular flexibility index (Phi) is 5.89. The van der Waals surface area contributed by atoms with Crippen LogP contribution in [0.1, 0.15) is 52.0 Å². The second kappa shape index (κ2) is 8.00. The van der Waals surface area contributed by atoms with E-state index < -0.39 is 5.60 Å². The Morgan fingerprint density at radius 3 is 2.52 bits per heavy atom. The molecule has 0 radical (unpaired) electrons. The van der Waals surface area contributed by atoms with Gasteiger partial charge in [0.25, 0.3) is 0 Å². The molecule has 1 aliphatic carbocycles. The van der Waals surface area contributed by atoms with Crippen molar-refractivity contribution in [3.05, 3.63) is 28.4 Å². The van der Waals surface area contributed by atoms with Crippen LogP contribution in [-0.2, 0) is 4.74 Å². The van der Waals surface area contributed by atoms with Crippen LogP contribution in [0.4, 0.5) is 10.7 Å². The zero-order chi connectivity index (χ0) is 19.6. The summed E-state index contributed by atoms with van der Waals surface area (Å²) in [6, 6.07) is 4.57. The van der Waals surface area contributed by atoms with Crippen LogP contribution in [0.5, 0.6) is 0 Å². The van der Waals surface area contributed by atoms with Crippen LogP contribution >= 0.6 is 15.9 Å². The normalized spacial score (nSPS) is 20.3. The van der Waals surface area contributed by atoms with Gasteiger partial charge >= 0.3 is 6.09 Å². The first-order valence-electron chi connectivity index (χ1n) is 9.38. The molecule has 0 spiro atoms. The maximum Gasteiger partial charge on any atom is 0.407 e. The van der Waals surface area contributed by atoms with Gasteiger partial charge in [-0.05, 0) is 71.1 Å². The van der Waals surface area contributed by atoms with Crippen molar-refractivity contribution in [1.29, 1.82) is 0 Å². The molecule has 1 amide bonds. The molecule has 1 aliphatic rings. The fourth-order valence-electron chi connectivity index (χ4n) is 3.39. The minimum Gasteiger partial charge on any atom is -0.444 e. The van der Waals surface area contributed by atoms with Crippen LogP contribution in [0.25, 0.3) is 10.9 Å². The Labute approximate surface area is 168 Å². The number of fused-ring (bicyclic) bond motifs is 1. The van der Waals surface area contributed by atoms with E-state index in [1.165, 1.54) is 0 Å². The molecule has 0 unspecified atom stereocenters.